The molecule has 122 valence electrons. The SMILES string of the molecule is O=C(O)NCCCNc1nc(Cl)nc(NCc2ccccc2)n1. The van der Waals surface area contributed by atoms with Gasteiger partial charge in [-0.2, -0.15) is 15.0 Å². The zero-order valence-electron chi connectivity index (χ0n) is 12.3. The number of nitrogens with one attached hydrogen (secondary N) is 3. The van der Waals surface area contributed by atoms with Crippen LogP contribution in [-0.4, -0.2) is 39.2 Å². The molecule has 1 heterocycles. The van der Waals surface area contributed by atoms with Crippen molar-refractivity contribution >= 4 is 29.6 Å². The fraction of sp³-hybridized carbons (Fsp3) is 0.286. The van der Waals surface area contributed by atoms with Crippen molar-refractivity contribution in [3.8, 4) is 0 Å². The first-order valence-corrected chi connectivity index (χ1v) is 7.41. The molecule has 0 aliphatic carbocycles. The lowest BCUT2D eigenvalue weighted by molar-refractivity contribution is 0.194. The van der Waals surface area contributed by atoms with Crippen molar-refractivity contribution in [2.45, 2.75) is 13.0 Å². The smallest absolute Gasteiger partial charge is 0.404 e. The molecular formula is C14H17ClN6O2. The molecule has 1 aromatic heterocycles. The number of anilines is 2. The van der Waals surface area contributed by atoms with Crippen LogP contribution in [-0.2, 0) is 6.54 Å². The van der Waals surface area contributed by atoms with Crippen LogP contribution in [0.2, 0.25) is 5.28 Å². The summed E-state index contributed by atoms with van der Waals surface area (Å²) in [5.74, 6) is 0.718. The van der Waals surface area contributed by atoms with Crippen molar-refractivity contribution in [3.63, 3.8) is 0 Å². The van der Waals surface area contributed by atoms with Crippen LogP contribution in [0.4, 0.5) is 16.7 Å². The molecule has 2 rings (SSSR count). The monoisotopic (exact) mass is 336 g/mol. The van der Waals surface area contributed by atoms with Gasteiger partial charge in [0, 0.05) is 19.6 Å². The number of nitrogens with zero attached hydrogens (tertiary/aromatic N) is 3. The second-order valence-electron chi connectivity index (χ2n) is 4.60. The Kier molecular flexibility index (Phi) is 6.37. The predicted molar refractivity (Wildman–Crippen MR) is 87.7 cm³/mol. The van der Waals surface area contributed by atoms with Crippen molar-refractivity contribution in [1.82, 2.24) is 20.3 Å². The predicted octanol–water partition coefficient (Wildman–Crippen LogP) is 2.21. The fourth-order valence-corrected chi connectivity index (χ4v) is 1.93. The average molecular weight is 337 g/mol. The summed E-state index contributed by atoms with van der Waals surface area (Å²) < 4.78 is 0. The van der Waals surface area contributed by atoms with Crippen molar-refractivity contribution in [2.24, 2.45) is 0 Å². The van der Waals surface area contributed by atoms with Gasteiger partial charge in [-0.1, -0.05) is 30.3 Å². The van der Waals surface area contributed by atoms with Crippen LogP contribution in [0.15, 0.2) is 30.3 Å². The number of carbonyl (C=O) groups is 1. The first kappa shape index (κ1) is 16.8. The molecule has 0 atom stereocenters. The number of halogens is 1. The molecule has 2 aromatic rings. The molecule has 8 nitrogen and oxygen atoms in total. The molecular weight excluding hydrogens is 320 g/mol. The number of aromatic nitrogens is 3. The first-order valence-electron chi connectivity index (χ1n) is 7.03. The Morgan fingerprint density at radius 1 is 1.04 bits per heavy atom. The lowest BCUT2D eigenvalue weighted by Gasteiger charge is -2.08. The normalized spacial score (nSPS) is 10.1. The average Bonchev–Trinajstić information content (AvgIpc) is 2.53. The van der Waals surface area contributed by atoms with E-state index in [-0.39, 0.29) is 5.28 Å². The number of carboxylic acid groups (broad SMARTS) is 1. The van der Waals surface area contributed by atoms with Gasteiger partial charge in [0.1, 0.15) is 0 Å². The second-order valence-corrected chi connectivity index (χ2v) is 4.94. The van der Waals surface area contributed by atoms with Gasteiger partial charge in [0.15, 0.2) is 0 Å². The Balaban J connectivity index is 1.84. The van der Waals surface area contributed by atoms with E-state index in [4.69, 9.17) is 16.7 Å². The van der Waals surface area contributed by atoms with Crippen LogP contribution in [0.25, 0.3) is 0 Å². The van der Waals surface area contributed by atoms with E-state index in [9.17, 15) is 4.79 Å². The van der Waals surface area contributed by atoms with Crippen LogP contribution < -0.4 is 16.0 Å². The van der Waals surface area contributed by atoms with E-state index < -0.39 is 6.09 Å². The zero-order chi connectivity index (χ0) is 16.5. The molecule has 23 heavy (non-hydrogen) atoms. The van der Waals surface area contributed by atoms with E-state index in [2.05, 4.69) is 30.9 Å². The first-order chi connectivity index (χ1) is 11.1. The number of benzene rings is 1. The van der Waals surface area contributed by atoms with Crippen molar-refractivity contribution in [1.29, 1.82) is 0 Å². The van der Waals surface area contributed by atoms with Gasteiger partial charge in [0.25, 0.3) is 0 Å². The maximum absolute atomic E-state index is 10.3. The summed E-state index contributed by atoms with van der Waals surface area (Å²) in [5.41, 5.74) is 1.10. The molecule has 4 N–H and O–H groups in total. The quantitative estimate of drug-likeness (QED) is 0.547. The Labute approximate surface area is 138 Å². The van der Waals surface area contributed by atoms with Crippen LogP contribution in [0.5, 0.6) is 0 Å². The summed E-state index contributed by atoms with van der Waals surface area (Å²) in [7, 11) is 0. The molecule has 0 aliphatic rings. The van der Waals surface area contributed by atoms with Crippen molar-refractivity contribution in [3.05, 3.63) is 41.2 Å². The molecule has 0 bridgehead atoms. The van der Waals surface area contributed by atoms with Gasteiger partial charge in [0.05, 0.1) is 0 Å². The molecule has 0 unspecified atom stereocenters. The van der Waals surface area contributed by atoms with E-state index >= 15 is 0 Å². The van der Waals surface area contributed by atoms with Gasteiger partial charge < -0.3 is 21.1 Å². The molecule has 0 saturated carbocycles. The Morgan fingerprint density at radius 2 is 1.74 bits per heavy atom. The summed E-state index contributed by atoms with van der Waals surface area (Å²) in [6, 6.07) is 9.84. The maximum atomic E-state index is 10.3. The minimum Gasteiger partial charge on any atom is -0.465 e. The lowest BCUT2D eigenvalue weighted by Crippen LogP contribution is -2.23. The molecule has 0 spiro atoms. The van der Waals surface area contributed by atoms with E-state index in [1.54, 1.807) is 0 Å². The Hall–Kier alpha value is -2.61. The topological polar surface area (TPSA) is 112 Å². The number of hydrogen-bond acceptors (Lipinski definition) is 6. The van der Waals surface area contributed by atoms with Crippen LogP contribution >= 0.6 is 11.6 Å². The van der Waals surface area contributed by atoms with Gasteiger partial charge in [-0.05, 0) is 23.6 Å². The summed E-state index contributed by atoms with van der Waals surface area (Å²) in [6.07, 6.45) is -0.442. The van der Waals surface area contributed by atoms with E-state index in [0.29, 0.717) is 38.0 Å². The van der Waals surface area contributed by atoms with E-state index in [0.717, 1.165) is 5.56 Å². The summed E-state index contributed by atoms with van der Waals surface area (Å²) >= 11 is 5.88. The largest absolute Gasteiger partial charge is 0.465 e. The molecule has 1 aromatic carbocycles. The van der Waals surface area contributed by atoms with Gasteiger partial charge in [-0.25, -0.2) is 4.79 Å². The third-order valence-corrected chi connectivity index (χ3v) is 2.98. The molecule has 1 amide bonds. The minimum absolute atomic E-state index is 0.0849. The molecule has 0 fully saturated rings. The zero-order valence-corrected chi connectivity index (χ0v) is 13.0. The van der Waals surface area contributed by atoms with Crippen LogP contribution in [0, 0.1) is 0 Å². The standard InChI is InChI=1S/C14H17ClN6O2/c15-11-19-12(16-7-4-8-17-14(22)23)21-13(20-11)18-9-10-5-2-1-3-6-10/h1-3,5-6,17H,4,7-9H2,(H,22,23)(H2,16,18,19,20,21). The van der Waals surface area contributed by atoms with Crippen molar-refractivity contribution in [2.75, 3.05) is 23.7 Å². The van der Waals surface area contributed by atoms with Gasteiger partial charge in [-0.15, -0.1) is 0 Å². The molecule has 0 radical (unpaired) electrons. The molecule has 9 heteroatoms. The highest BCUT2D eigenvalue weighted by atomic mass is 35.5. The number of hydrogen-bond donors (Lipinski definition) is 4. The van der Waals surface area contributed by atoms with Crippen LogP contribution in [0.1, 0.15) is 12.0 Å². The Bertz CT molecular complexity index is 640. The third-order valence-electron chi connectivity index (χ3n) is 2.81. The Morgan fingerprint density at radius 3 is 2.43 bits per heavy atom. The highest BCUT2D eigenvalue weighted by Gasteiger charge is 2.04. The van der Waals surface area contributed by atoms with Crippen LogP contribution in [0.3, 0.4) is 0 Å². The van der Waals surface area contributed by atoms with Gasteiger partial charge in [0.2, 0.25) is 17.2 Å². The third kappa shape index (κ3) is 6.35. The molecule has 0 aliphatic heterocycles. The number of amides is 1. The van der Waals surface area contributed by atoms with Crippen molar-refractivity contribution < 1.29 is 9.90 Å². The second kappa shape index (κ2) is 8.74. The number of rotatable bonds is 8. The summed E-state index contributed by atoms with van der Waals surface area (Å²) in [5, 5.41) is 16.9. The summed E-state index contributed by atoms with van der Waals surface area (Å²) in [6.45, 7) is 1.43. The van der Waals surface area contributed by atoms with E-state index in [1.807, 2.05) is 30.3 Å². The minimum atomic E-state index is -1.04. The van der Waals surface area contributed by atoms with E-state index in [1.165, 1.54) is 0 Å². The van der Waals surface area contributed by atoms with Gasteiger partial charge in [-0.3, -0.25) is 0 Å². The lowest BCUT2D eigenvalue weighted by atomic mass is 10.2. The highest BCUT2D eigenvalue weighted by molar-refractivity contribution is 6.28. The highest BCUT2D eigenvalue weighted by Crippen LogP contribution is 2.10. The van der Waals surface area contributed by atoms with Gasteiger partial charge >= 0.3 is 6.09 Å². The maximum Gasteiger partial charge on any atom is 0.404 e. The summed E-state index contributed by atoms with van der Waals surface area (Å²) in [4.78, 5) is 22.5. The fourth-order valence-electron chi connectivity index (χ4n) is 1.77. The molecule has 0 saturated heterocycles.